The number of likely N-dealkylation sites (N-methyl/N-ethyl adjacent to an activating group) is 2. The van der Waals surface area contributed by atoms with E-state index in [1.54, 1.807) is 31.2 Å². The van der Waals surface area contributed by atoms with Gasteiger partial charge < -0.3 is 4.90 Å². The molecule has 0 unspecified atom stereocenters. The molecule has 4 rings (SSSR count). The van der Waals surface area contributed by atoms with Crippen LogP contribution in [0.1, 0.15) is 26.3 Å². The average Bonchev–Trinajstić information content (AvgIpc) is 3.17. The van der Waals surface area contributed by atoms with Gasteiger partial charge in [-0.05, 0) is 54.6 Å². The molecule has 1 amide bonds. The fourth-order valence-corrected chi connectivity index (χ4v) is 6.28. The first-order chi connectivity index (χ1) is 15.2. The van der Waals surface area contributed by atoms with Crippen molar-refractivity contribution in [1.29, 1.82) is 0 Å². The molecule has 0 radical (unpaired) electrons. The van der Waals surface area contributed by atoms with Crippen molar-refractivity contribution in [3.63, 3.8) is 0 Å². The number of amides is 1. The van der Waals surface area contributed by atoms with E-state index in [0.717, 1.165) is 23.1 Å². The second-order valence-corrected chi connectivity index (χ2v) is 10.7. The summed E-state index contributed by atoms with van der Waals surface area (Å²) in [6.07, 6.45) is 3.72. The van der Waals surface area contributed by atoms with Crippen molar-refractivity contribution >= 4 is 38.5 Å². The number of sulfonamides is 1. The second kappa shape index (κ2) is 8.26. The first-order valence-electron chi connectivity index (χ1n) is 10.3. The lowest BCUT2D eigenvalue weighted by Gasteiger charge is -2.23. The number of thioether (sulfide) groups is 1. The SMILES string of the molecule is CCN1C(=O)/C(=C/C=C2/N(C)c3ccccc3C2(C)C)SC1=NS(=O)(=O)c1ccccc1. The van der Waals surface area contributed by atoms with E-state index in [9.17, 15) is 13.2 Å². The van der Waals surface area contributed by atoms with Crippen molar-refractivity contribution in [1.82, 2.24) is 4.90 Å². The number of allylic oxidation sites excluding steroid dienone is 3. The van der Waals surface area contributed by atoms with Crippen molar-refractivity contribution < 1.29 is 13.2 Å². The van der Waals surface area contributed by atoms with Crippen LogP contribution in [0.25, 0.3) is 0 Å². The number of amidine groups is 1. The molecule has 2 heterocycles. The summed E-state index contributed by atoms with van der Waals surface area (Å²) in [5.74, 6) is -0.243. The number of fused-ring (bicyclic) bond motifs is 1. The van der Waals surface area contributed by atoms with Gasteiger partial charge in [0.2, 0.25) is 0 Å². The van der Waals surface area contributed by atoms with Crippen LogP contribution < -0.4 is 4.90 Å². The molecule has 8 heteroatoms. The van der Waals surface area contributed by atoms with Crippen molar-refractivity contribution in [3.05, 3.63) is 82.9 Å². The third-order valence-electron chi connectivity index (χ3n) is 5.78. The predicted octanol–water partition coefficient (Wildman–Crippen LogP) is 4.52. The van der Waals surface area contributed by atoms with Gasteiger partial charge >= 0.3 is 0 Å². The van der Waals surface area contributed by atoms with Gasteiger partial charge in [0.1, 0.15) is 0 Å². The van der Waals surface area contributed by atoms with Gasteiger partial charge in [-0.2, -0.15) is 8.42 Å². The molecule has 6 nitrogen and oxygen atoms in total. The fraction of sp³-hybridized carbons (Fsp3) is 0.250. The van der Waals surface area contributed by atoms with Crippen LogP contribution in [0.2, 0.25) is 0 Å². The molecule has 2 aromatic carbocycles. The summed E-state index contributed by atoms with van der Waals surface area (Å²) in [7, 11) is -1.89. The molecule has 2 aromatic rings. The highest BCUT2D eigenvalue weighted by atomic mass is 32.2. The molecule has 1 saturated heterocycles. The summed E-state index contributed by atoms with van der Waals surface area (Å²) in [4.78, 5) is 17.0. The lowest BCUT2D eigenvalue weighted by atomic mass is 9.84. The summed E-state index contributed by atoms with van der Waals surface area (Å²) in [5, 5.41) is 0.174. The zero-order valence-electron chi connectivity index (χ0n) is 18.4. The first-order valence-corrected chi connectivity index (χ1v) is 12.6. The Balaban J connectivity index is 1.68. The van der Waals surface area contributed by atoms with Crippen molar-refractivity contribution in [2.75, 3.05) is 18.5 Å². The minimum Gasteiger partial charge on any atom is -0.347 e. The number of benzene rings is 2. The standard InChI is InChI=1S/C24H25N3O3S2/c1-5-27-22(28)20(31-23(27)25-32(29,30)17-11-7-6-8-12-17)15-16-21-24(2,3)18-13-9-10-14-19(18)26(21)4/h6-16H,5H2,1-4H3/b20-15-,21-16+,25-23?. The molecule has 2 aliphatic heterocycles. The number of nitrogens with zero attached hydrogens (tertiary/aromatic N) is 3. The minimum absolute atomic E-state index is 0.100. The van der Waals surface area contributed by atoms with Gasteiger partial charge in [0.25, 0.3) is 15.9 Å². The first kappa shape index (κ1) is 22.4. The highest BCUT2D eigenvalue weighted by Gasteiger charge is 2.38. The molecule has 0 aromatic heterocycles. The van der Waals surface area contributed by atoms with Crippen LogP contribution in [-0.2, 0) is 20.2 Å². The summed E-state index contributed by atoms with van der Waals surface area (Å²) in [5.41, 5.74) is 3.21. The fourth-order valence-electron chi connectivity index (χ4n) is 4.07. The Bertz CT molecular complexity index is 1260. The van der Waals surface area contributed by atoms with Crippen molar-refractivity contribution in [2.45, 2.75) is 31.1 Å². The summed E-state index contributed by atoms with van der Waals surface area (Å²) in [6.45, 7) is 6.44. The van der Waals surface area contributed by atoms with Crippen LogP contribution in [0.5, 0.6) is 0 Å². The smallest absolute Gasteiger partial charge is 0.284 e. The Morgan fingerprint density at radius 1 is 1.03 bits per heavy atom. The second-order valence-electron chi connectivity index (χ2n) is 8.10. The van der Waals surface area contributed by atoms with Crippen LogP contribution >= 0.6 is 11.8 Å². The molecular formula is C24H25N3O3S2. The third-order valence-corrected chi connectivity index (χ3v) is 8.20. The largest absolute Gasteiger partial charge is 0.347 e. The van der Waals surface area contributed by atoms with Crippen LogP contribution in [0.3, 0.4) is 0 Å². The Morgan fingerprint density at radius 2 is 1.69 bits per heavy atom. The lowest BCUT2D eigenvalue weighted by molar-refractivity contribution is -0.122. The number of carbonyl (C=O) groups excluding carboxylic acids is 1. The molecule has 2 aliphatic rings. The number of anilines is 1. The van der Waals surface area contributed by atoms with E-state index < -0.39 is 10.0 Å². The van der Waals surface area contributed by atoms with Crippen LogP contribution in [-0.4, -0.2) is 38.0 Å². The maximum atomic E-state index is 13.0. The zero-order chi connectivity index (χ0) is 23.1. The van der Waals surface area contributed by atoms with Gasteiger partial charge in [0.15, 0.2) is 5.17 Å². The Hall–Kier alpha value is -2.84. The molecule has 0 atom stereocenters. The van der Waals surface area contributed by atoms with Gasteiger partial charge in [0, 0.05) is 30.4 Å². The Kier molecular flexibility index (Phi) is 5.77. The highest BCUT2D eigenvalue weighted by Crippen LogP contribution is 2.46. The molecule has 0 spiro atoms. The third kappa shape index (κ3) is 3.78. The predicted molar refractivity (Wildman–Crippen MR) is 130 cm³/mol. The van der Waals surface area contributed by atoms with Crippen molar-refractivity contribution in [3.8, 4) is 0 Å². The minimum atomic E-state index is -3.91. The van der Waals surface area contributed by atoms with E-state index in [4.69, 9.17) is 0 Å². The summed E-state index contributed by atoms with van der Waals surface area (Å²) in [6, 6.07) is 16.3. The van der Waals surface area contributed by atoms with Gasteiger partial charge in [-0.25, -0.2) is 0 Å². The van der Waals surface area contributed by atoms with Gasteiger partial charge in [-0.3, -0.25) is 9.69 Å². The molecular weight excluding hydrogens is 442 g/mol. The topological polar surface area (TPSA) is 70.1 Å². The molecule has 0 saturated carbocycles. The van der Waals surface area contributed by atoms with E-state index in [1.165, 1.54) is 22.6 Å². The zero-order valence-corrected chi connectivity index (χ0v) is 20.1. The lowest BCUT2D eigenvalue weighted by Crippen LogP contribution is -2.29. The number of hydrogen-bond acceptors (Lipinski definition) is 5. The quantitative estimate of drug-likeness (QED) is 0.618. The molecule has 166 valence electrons. The molecule has 0 bridgehead atoms. The number of para-hydroxylation sites is 1. The van der Waals surface area contributed by atoms with Crippen LogP contribution in [0.4, 0.5) is 5.69 Å². The number of rotatable bonds is 4. The Labute approximate surface area is 193 Å². The average molecular weight is 468 g/mol. The van der Waals surface area contributed by atoms with E-state index in [1.807, 2.05) is 25.3 Å². The maximum absolute atomic E-state index is 13.0. The number of hydrogen-bond donors (Lipinski definition) is 0. The van der Waals surface area contributed by atoms with E-state index in [2.05, 4.69) is 35.3 Å². The van der Waals surface area contributed by atoms with Gasteiger partial charge in [0.05, 0.1) is 9.80 Å². The van der Waals surface area contributed by atoms with Gasteiger partial charge in [-0.1, -0.05) is 50.2 Å². The number of carbonyl (C=O) groups is 1. The Morgan fingerprint density at radius 3 is 2.34 bits per heavy atom. The van der Waals surface area contributed by atoms with Crippen LogP contribution in [0.15, 0.2) is 86.6 Å². The molecule has 0 aliphatic carbocycles. The van der Waals surface area contributed by atoms with E-state index in [0.29, 0.717) is 11.4 Å². The van der Waals surface area contributed by atoms with Crippen molar-refractivity contribution in [2.24, 2.45) is 4.40 Å². The summed E-state index contributed by atoms with van der Waals surface area (Å²) < 4.78 is 29.4. The van der Waals surface area contributed by atoms with E-state index in [-0.39, 0.29) is 21.4 Å². The monoisotopic (exact) mass is 467 g/mol. The van der Waals surface area contributed by atoms with Crippen LogP contribution in [0, 0.1) is 0 Å². The maximum Gasteiger partial charge on any atom is 0.284 e. The summed E-state index contributed by atoms with van der Waals surface area (Å²) >= 11 is 1.09. The normalized spacial score (nSPS) is 21.8. The highest BCUT2D eigenvalue weighted by molar-refractivity contribution is 8.19. The molecule has 0 N–H and O–H groups in total. The molecule has 1 fully saturated rings. The molecule has 32 heavy (non-hydrogen) atoms. The van der Waals surface area contributed by atoms with Gasteiger partial charge in [-0.15, -0.1) is 4.40 Å². The van der Waals surface area contributed by atoms with E-state index >= 15 is 0 Å².